The summed E-state index contributed by atoms with van der Waals surface area (Å²) >= 11 is 6.31. The Kier molecular flexibility index (Phi) is 5.41. The topological polar surface area (TPSA) is 72.3 Å². The molecule has 2 aromatic carbocycles. The number of aryl methyl sites for hydroxylation is 1. The van der Waals surface area contributed by atoms with Crippen LogP contribution in [0, 0.1) is 6.92 Å². The fourth-order valence-corrected chi connectivity index (χ4v) is 3.93. The molecule has 0 saturated heterocycles. The average Bonchev–Trinajstić information content (AvgIpc) is 2.71. The number of hydrogen-bond acceptors (Lipinski definition) is 4. The largest absolute Gasteiger partial charge is 0.479 e. The van der Waals surface area contributed by atoms with Gasteiger partial charge >= 0.3 is 5.97 Å². The van der Waals surface area contributed by atoms with E-state index in [0.717, 1.165) is 32.9 Å². The maximum absolute atomic E-state index is 12.2. The zero-order valence-electron chi connectivity index (χ0n) is 16.9. The van der Waals surface area contributed by atoms with Crippen LogP contribution in [-0.4, -0.2) is 27.1 Å². The highest BCUT2D eigenvalue weighted by atomic mass is 35.5. The first-order valence-electron chi connectivity index (χ1n) is 9.68. The minimum absolute atomic E-state index is 0.269. The molecule has 6 heteroatoms. The number of hydrogen-bond donors (Lipinski definition) is 1. The van der Waals surface area contributed by atoms with Gasteiger partial charge in [-0.2, -0.15) is 0 Å². The Labute approximate surface area is 179 Å². The number of nitrogens with zero attached hydrogens (tertiary/aromatic N) is 2. The van der Waals surface area contributed by atoms with Gasteiger partial charge in [-0.3, -0.25) is 9.97 Å². The van der Waals surface area contributed by atoms with Crippen LogP contribution in [0.25, 0.3) is 32.9 Å². The minimum atomic E-state index is -1.15. The second-order valence-corrected chi connectivity index (χ2v) is 7.90. The molecule has 2 aromatic heterocycles. The highest BCUT2D eigenvalue weighted by Crippen LogP contribution is 2.39. The number of carbonyl (C=O) groups is 1. The Morgan fingerprint density at radius 1 is 1.10 bits per heavy atom. The second kappa shape index (κ2) is 8.01. The molecule has 0 aliphatic rings. The molecule has 1 atom stereocenters. The summed E-state index contributed by atoms with van der Waals surface area (Å²) in [6.45, 7) is 5.45. The number of aliphatic carboxylic acids is 1. The van der Waals surface area contributed by atoms with Crippen molar-refractivity contribution < 1.29 is 14.6 Å². The molecule has 1 N–H and O–H groups in total. The van der Waals surface area contributed by atoms with Crippen LogP contribution in [0.2, 0.25) is 5.02 Å². The highest BCUT2D eigenvalue weighted by molar-refractivity contribution is 6.31. The van der Waals surface area contributed by atoms with Crippen molar-refractivity contribution in [3.8, 4) is 11.1 Å². The molecule has 152 valence electrons. The average molecular weight is 421 g/mol. The normalized spacial score (nSPS) is 12.6. The number of carboxylic acid groups (broad SMARTS) is 1. The standard InChI is InChI=1S/C24H21ClN2O3/c1-13(2)30-23(24(28)29)21-14(3)27-20-9-7-17(25)12-18(20)22(21)16-6-8-19-15(11-16)5-4-10-26-19/h4-13,23H,1-3H3,(H,28,29). The van der Waals surface area contributed by atoms with Gasteiger partial charge in [0.2, 0.25) is 0 Å². The summed E-state index contributed by atoms with van der Waals surface area (Å²) in [6, 6.07) is 15.2. The quantitative estimate of drug-likeness (QED) is 0.431. The summed E-state index contributed by atoms with van der Waals surface area (Å²) in [7, 11) is 0. The van der Waals surface area contributed by atoms with E-state index in [1.54, 1.807) is 12.3 Å². The van der Waals surface area contributed by atoms with Crippen molar-refractivity contribution in [2.45, 2.75) is 33.0 Å². The van der Waals surface area contributed by atoms with Crippen molar-refractivity contribution in [1.82, 2.24) is 9.97 Å². The predicted octanol–water partition coefficient (Wildman–Crippen LogP) is 5.96. The van der Waals surface area contributed by atoms with Gasteiger partial charge in [0.05, 0.1) is 17.1 Å². The van der Waals surface area contributed by atoms with Crippen LogP contribution < -0.4 is 0 Å². The Morgan fingerprint density at radius 3 is 2.60 bits per heavy atom. The van der Waals surface area contributed by atoms with Crippen molar-refractivity contribution in [2.75, 3.05) is 0 Å². The fraction of sp³-hybridized carbons (Fsp3) is 0.208. The molecule has 1 unspecified atom stereocenters. The monoisotopic (exact) mass is 420 g/mol. The van der Waals surface area contributed by atoms with Gasteiger partial charge in [0.1, 0.15) is 0 Å². The molecule has 0 radical (unpaired) electrons. The summed E-state index contributed by atoms with van der Waals surface area (Å²) in [5.74, 6) is -1.06. The summed E-state index contributed by atoms with van der Waals surface area (Å²) in [5, 5.41) is 12.3. The van der Waals surface area contributed by atoms with Gasteiger partial charge in [-0.15, -0.1) is 0 Å². The number of benzene rings is 2. The van der Waals surface area contributed by atoms with Gasteiger partial charge in [0, 0.05) is 33.2 Å². The number of carboxylic acids is 1. The lowest BCUT2D eigenvalue weighted by Crippen LogP contribution is -2.21. The summed E-state index contributed by atoms with van der Waals surface area (Å²) < 4.78 is 5.82. The van der Waals surface area contributed by atoms with E-state index in [1.807, 2.05) is 63.2 Å². The molecule has 0 spiro atoms. The Balaban J connectivity index is 2.10. The molecule has 0 saturated carbocycles. The van der Waals surface area contributed by atoms with Crippen LogP contribution in [0.15, 0.2) is 54.7 Å². The van der Waals surface area contributed by atoms with E-state index in [-0.39, 0.29) is 6.10 Å². The van der Waals surface area contributed by atoms with Gasteiger partial charge in [0.15, 0.2) is 6.10 Å². The van der Waals surface area contributed by atoms with E-state index in [1.165, 1.54) is 0 Å². The predicted molar refractivity (Wildman–Crippen MR) is 119 cm³/mol. The fourth-order valence-electron chi connectivity index (χ4n) is 3.76. The molecule has 4 rings (SSSR count). The third-order valence-electron chi connectivity index (χ3n) is 4.96. The third kappa shape index (κ3) is 3.74. The molecule has 0 aliphatic carbocycles. The second-order valence-electron chi connectivity index (χ2n) is 7.46. The van der Waals surface area contributed by atoms with E-state index in [9.17, 15) is 9.90 Å². The Bertz CT molecular complexity index is 1270. The van der Waals surface area contributed by atoms with Crippen molar-refractivity contribution in [3.63, 3.8) is 0 Å². The number of ether oxygens (including phenoxy) is 1. The molecule has 5 nitrogen and oxygen atoms in total. The number of halogens is 1. The highest BCUT2D eigenvalue weighted by Gasteiger charge is 2.29. The number of aromatic nitrogens is 2. The van der Waals surface area contributed by atoms with Gasteiger partial charge in [-0.1, -0.05) is 23.7 Å². The molecule has 2 heterocycles. The zero-order valence-corrected chi connectivity index (χ0v) is 17.6. The van der Waals surface area contributed by atoms with Crippen LogP contribution >= 0.6 is 11.6 Å². The van der Waals surface area contributed by atoms with E-state index in [0.29, 0.717) is 16.3 Å². The molecule has 0 aliphatic heterocycles. The molecule has 0 amide bonds. The molecule has 30 heavy (non-hydrogen) atoms. The SMILES string of the molecule is Cc1nc2ccc(Cl)cc2c(-c2ccc3ncccc3c2)c1C(OC(C)C)C(=O)O. The Morgan fingerprint density at radius 2 is 1.87 bits per heavy atom. The van der Waals surface area contributed by atoms with Crippen LogP contribution in [0.4, 0.5) is 0 Å². The molecule has 0 bridgehead atoms. The van der Waals surface area contributed by atoms with Gasteiger partial charge in [0.25, 0.3) is 0 Å². The van der Waals surface area contributed by atoms with E-state index in [4.69, 9.17) is 16.3 Å². The van der Waals surface area contributed by atoms with E-state index in [2.05, 4.69) is 9.97 Å². The third-order valence-corrected chi connectivity index (χ3v) is 5.20. The first-order chi connectivity index (χ1) is 14.3. The number of pyridine rings is 2. The summed E-state index contributed by atoms with van der Waals surface area (Å²) in [4.78, 5) is 21.2. The van der Waals surface area contributed by atoms with Crippen LogP contribution in [0.1, 0.15) is 31.2 Å². The number of fused-ring (bicyclic) bond motifs is 2. The minimum Gasteiger partial charge on any atom is -0.479 e. The van der Waals surface area contributed by atoms with Crippen LogP contribution in [0.5, 0.6) is 0 Å². The lowest BCUT2D eigenvalue weighted by atomic mass is 9.90. The van der Waals surface area contributed by atoms with Gasteiger partial charge in [-0.05, 0) is 68.3 Å². The van der Waals surface area contributed by atoms with E-state index >= 15 is 0 Å². The van der Waals surface area contributed by atoms with Crippen molar-refractivity contribution in [3.05, 3.63) is 71.0 Å². The lowest BCUT2D eigenvalue weighted by Gasteiger charge is -2.23. The van der Waals surface area contributed by atoms with Gasteiger partial charge < -0.3 is 9.84 Å². The van der Waals surface area contributed by atoms with E-state index < -0.39 is 12.1 Å². The first-order valence-corrected chi connectivity index (χ1v) is 10.1. The maximum atomic E-state index is 12.2. The lowest BCUT2D eigenvalue weighted by molar-refractivity contribution is -0.153. The van der Waals surface area contributed by atoms with Crippen molar-refractivity contribution >= 4 is 39.4 Å². The van der Waals surface area contributed by atoms with Crippen LogP contribution in [-0.2, 0) is 9.53 Å². The molecule has 4 aromatic rings. The molecule has 0 fully saturated rings. The molecular weight excluding hydrogens is 400 g/mol. The van der Waals surface area contributed by atoms with Crippen molar-refractivity contribution in [2.24, 2.45) is 0 Å². The maximum Gasteiger partial charge on any atom is 0.337 e. The number of rotatable bonds is 5. The smallest absolute Gasteiger partial charge is 0.337 e. The van der Waals surface area contributed by atoms with Gasteiger partial charge in [-0.25, -0.2) is 4.79 Å². The Hall–Kier alpha value is -3.02. The summed E-state index contributed by atoms with van der Waals surface area (Å²) in [6.07, 6.45) is 0.325. The molecular formula is C24H21ClN2O3. The van der Waals surface area contributed by atoms with Crippen LogP contribution in [0.3, 0.4) is 0 Å². The summed E-state index contributed by atoms with van der Waals surface area (Å²) in [5.41, 5.74) is 4.38. The zero-order chi connectivity index (χ0) is 21.4. The van der Waals surface area contributed by atoms with Crippen molar-refractivity contribution in [1.29, 1.82) is 0 Å². The first kappa shape index (κ1) is 20.3.